The van der Waals surface area contributed by atoms with Crippen LogP contribution in [0.4, 0.5) is 0 Å². The Morgan fingerprint density at radius 2 is 1.88 bits per heavy atom. The Labute approximate surface area is 158 Å². The van der Waals surface area contributed by atoms with Crippen molar-refractivity contribution in [1.82, 2.24) is 19.8 Å². The van der Waals surface area contributed by atoms with Crippen molar-refractivity contribution in [3.63, 3.8) is 0 Å². The van der Waals surface area contributed by atoms with Crippen molar-refractivity contribution in [3.8, 4) is 0 Å². The van der Waals surface area contributed by atoms with E-state index in [1.54, 1.807) is 10.3 Å². The fraction of sp³-hybridized carbons (Fsp3) is 0.474. The van der Waals surface area contributed by atoms with Gasteiger partial charge >= 0.3 is 0 Å². The zero-order valence-corrected chi connectivity index (χ0v) is 16.7. The van der Waals surface area contributed by atoms with Gasteiger partial charge in [-0.2, -0.15) is 0 Å². The molecule has 2 aromatic rings. The molecule has 1 heterocycles. The molecule has 0 aliphatic rings. The van der Waals surface area contributed by atoms with Crippen LogP contribution in [0.25, 0.3) is 0 Å². The molecule has 1 aromatic carbocycles. The molecule has 1 aromatic heterocycles. The van der Waals surface area contributed by atoms with E-state index in [1.807, 2.05) is 65.0 Å². The Morgan fingerprint density at radius 3 is 2.38 bits per heavy atom. The molecule has 0 saturated carbocycles. The molecule has 2 amide bonds. The molecular formula is C19H26N4O2S. The van der Waals surface area contributed by atoms with Crippen LogP contribution in [0.3, 0.4) is 0 Å². The molecule has 0 unspecified atom stereocenters. The normalized spacial score (nSPS) is 13.7. The first-order valence-corrected chi connectivity index (χ1v) is 9.55. The van der Waals surface area contributed by atoms with E-state index < -0.39 is 11.6 Å². The Balaban J connectivity index is 2.51. The highest BCUT2D eigenvalue weighted by atomic mass is 32.1. The highest BCUT2D eigenvalue weighted by molar-refractivity contribution is 7.03. The van der Waals surface area contributed by atoms with Crippen LogP contribution in [-0.2, 0) is 4.79 Å². The molecule has 2 rings (SSSR count). The Bertz CT molecular complexity index is 726. The predicted molar refractivity (Wildman–Crippen MR) is 103 cm³/mol. The third-order valence-corrected chi connectivity index (χ3v) is 4.52. The summed E-state index contributed by atoms with van der Waals surface area (Å²) in [5.74, 6) is -0.494. The van der Waals surface area contributed by atoms with Gasteiger partial charge in [0.15, 0.2) is 5.69 Å². The molecule has 6 nitrogen and oxygen atoms in total. The van der Waals surface area contributed by atoms with Gasteiger partial charge in [0.2, 0.25) is 5.91 Å². The summed E-state index contributed by atoms with van der Waals surface area (Å²) in [5, 5.41) is 8.53. The number of hydrogen-bond acceptors (Lipinski definition) is 5. The topological polar surface area (TPSA) is 75.2 Å². The molecule has 26 heavy (non-hydrogen) atoms. The zero-order valence-electron chi connectivity index (χ0n) is 15.9. The van der Waals surface area contributed by atoms with Gasteiger partial charge in [0.05, 0.1) is 0 Å². The minimum Gasteiger partial charge on any atom is -0.349 e. The molecule has 1 N–H and O–H groups in total. The minimum atomic E-state index is -0.737. The first-order valence-electron chi connectivity index (χ1n) is 8.71. The van der Waals surface area contributed by atoms with Gasteiger partial charge in [0.1, 0.15) is 6.04 Å². The van der Waals surface area contributed by atoms with Gasteiger partial charge in [-0.1, -0.05) is 41.7 Å². The standard InChI is InChI=1S/C19H26N4O2S/c1-6-13(2)23(18(25)15-12-26-22-21-15)16(14-10-8-7-9-11-14)17(24)20-19(3,4)5/h7-13,16H,6H2,1-5H3,(H,20,24)/t13-,16-/m0/s1. The monoisotopic (exact) mass is 374 g/mol. The van der Waals surface area contributed by atoms with E-state index in [1.165, 1.54) is 0 Å². The fourth-order valence-corrected chi connectivity index (χ4v) is 3.10. The summed E-state index contributed by atoms with van der Waals surface area (Å²) in [6.45, 7) is 9.71. The van der Waals surface area contributed by atoms with Crippen LogP contribution in [-0.4, -0.2) is 37.9 Å². The van der Waals surface area contributed by atoms with Gasteiger partial charge in [0, 0.05) is 17.0 Å². The Kier molecular flexibility index (Phi) is 6.47. The van der Waals surface area contributed by atoms with Crippen LogP contribution in [0.15, 0.2) is 35.7 Å². The van der Waals surface area contributed by atoms with Crippen molar-refractivity contribution in [2.75, 3.05) is 0 Å². The molecule has 0 aliphatic carbocycles. The summed E-state index contributed by atoms with van der Waals surface area (Å²) in [6, 6.07) is 8.50. The fourth-order valence-electron chi connectivity index (χ4n) is 2.67. The third kappa shape index (κ3) is 4.88. The summed E-state index contributed by atoms with van der Waals surface area (Å²) in [5.41, 5.74) is 0.627. The van der Waals surface area contributed by atoms with E-state index in [4.69, 9.17) is 0 Å². The Hall–Kier alpha value is -2.28. The van der Waals surface area contributed by atoms with Crippen molar-refractivity contribution in [3.05, 3.63) is 47.0 Å². The number of amides is 2. The quantitative estimate of drug-likeness (QED) is 0.840. The summed E-state index contributed by atoms with van der Waals surface area (Å²) in [6.07, 6.45) is 0.718. The highest BCUT2D eigenvalue weighted by Crippen LogP contribution is 2.27. The molecule has 0 bridgehead atoms. The number of carbonyl (C=O) groups excluding carboxylic acids is 2. The van der Waals surface area contributed by atoms with Gasteiger partial charge in [-0.25, -0.2) is 0 Å². The van der Waals surface area contributed by atoms with Crippen molar-refractivity contribution in [2.45, 2.75) is 58.7 Å². The van der Waals surface area contributed by atoms with Crippen LogP contribution in [0.5, 0.6) is 0 Å². The van der Waals surface area contributed by atoms with E-state index in [0.717, 1.165) is 23.5 Å². The first kappa shape index (κ1) is 20.0. The van der Waals surface area contributed by atoms with Gasteiger partial charge in [-0.3, -0.25) is 9.59 Å². The molecule has 2 atom stereocenters. The summed E-state index contributed by atoms with van der Waals surface area (Å²) < 4.78 is 3.79. The van der Waals surface area contributed by atoms with Crippen molar-refractivity contribution >= 4 is 23.3 Å². The number of hydrogen-bond donors (Lipinski definition) is 1. The van der Waals surface area contributed by atoms with E-state index in [2.05, 4.69) is 14.9 Å². The number of benzene rings is 1. The van der Waals surface area contributed by atoms with Crippen LogP contribution in [0.1, 0.15) is 63.1 Å². The molecule has 0 radical (unpaired) electrons. The van der Waals surface area contributed by atoms with Gasteiger partial charge in [-0.05, 0) is 51.2 Å². The van der Waals surface area contributed by atoms with Gasteiger partial charge in [-0.15, -0.1) is 5.10 Å². The maximum atomic E-state index is 13.2. The lowest BCUT2D eigenvalue weighted by atomic mass is 9.99. The lowest BCUT2D eigenvalue weighted by Gasteiger charge is -2.36. The minimum absolute atomic E-state index is 0.139. The average Bonchev–Trinajstić information content (AvgIpc) is 3.12. The van der Waals surface area contributed by atoms with Gasteiger partial charge in [0.25, 0.3) is 5.91 Å². The zero-order chi connectivity index (χ0) is 19.3. The summed E-state index contributed by atoms with van der Waals surface area (Å²) in [4.78, 5) is 27.9. The molecule has 0 aliphatic heterocycles. The second-order valence-electron chi connectivity index (χ2n) is 7.31. The van der Waals surface area contributed by atoms with E-state index >= 15 is 0 Å². The van der Waals surface area contributed by atoms with E-state index in [0.29, 0.717) is 0 Å². The van der Waals surface area contributed by atoms with E-state index in [-0.39, 0.29) is 23.6 Å². The van der Waals surface area contributed by atoms with Crippen LogP contribution in [0, 0.1) is 0 Å². The largest absolute Gasteiger partial charge is 0.349 e. The molecule has 0 spiro atoms. The second kappa shape index (κ2) is 8.40. The summed E-state index contributed by atoms with van der Waals surface area (Å²) >= 11 is 1.12. The first-order chi connectivity index (χ1) is 12.2. The molecule has 140 valence electrons. The SMILES string of the molecule is CC[C@H](C)N(C(=O)c1csnn1)[C@H](C(=O)NC(C)(C)C)c1ccccc1. The van der Waals surface area contributed by atoms with Gasteiger partial charge < -0.3 is 10.2 Å². The van der Waals surface area contributed by atoms with Crippen molar-refractivity contribution < 1.29 is 9.59 Å². The number of aromatic nitrogens is 2. The van der Waals surface area contributed by atoms with Crippen molar-refractivity contribution in [2.24, 2.45) is 0 Å². The average molecular weight is 375 g/mol. The maximum Gasteiger partial charge on any atom is 0.276 e. The third-order valence-electron chi connectivity index (χ3n) is 4.02. The molecule has 0 saturated heterocycles. The molecule has 7 heteroatoms. The highest BCUT2D eigenvalue weighted by Gasteiger charge is 2.36. The number of carbonyl (C=O) groups is 2. The molecular weight excluding hydrogens is 348 g/mol. The predicted octanol–water partition coefficient (Wildman–Crippen LogP) is 3.43. The lowest BCUT2D eigenvalue weighted by molar-refractivity contribution is -0.128. The maximum absolute atomic E-state index is 13.2. The number of nitrogens with one attached hydrogen (secondary N) is 1. The lowest BCUT2D eigenvalue weighted by Crippen LogP contribution is -2.51. The molecule has 0 fully saturated rings. The number of rotatable bonds is 6. The van der Waals surface area contributed by atoms with Crippen LogP contribution in [0.2, 0.25) is 0 Å². The van der Waals surface area contributed by atoms with Crippen LogP contribution < -0.4 is 5.32 Å². The van der Waals surface area contributed by atoms with E-state index in [9.17, 15) is 9.59 Å². The Morgan fingerprint density at radius 1 is 1.23 bits per heavy atom. The smallest absolute Gasteiger partial charge is 0.276 e. The van der Waals surface area contributed by atoms with Crippen molar-refractivity contribution in [1.29, 1.82) is 0 Å². The van der Waals surface area contributed by atoms with Crippen LogP contribution >= 0.6 is 11.5 Å². The summed E-state index contributed by atoms with van der Waals surface area (Å²) in [7, 11) is 0. The number of nitrogens with zero attached hydrogens (tertiary/aromatic N) is 3. The second-order valence-corrected chi connectivity index (χ2v) is 7.92.